The van der Waals surface area contributed by atoms with Crippen molar-refractivity contribution in [3.8, 4) is 5.75 Å². The lowest BCUT2D eigenvalue weighted by Gasteiger charge is -2.14. The van der Waals surface area contributed by atoms with Gasteiger partial charge in [0.05, 0.1) is 7.11 Å². The Morgan fingerprint density at radius 1 is 1.56 bits per heavy atom. The van der Waals surface area contributed by atoms with E-state index in [-0.39, 0.29) is 30.0 Å². The minimum atomic E-state index is -0.381. The largest absolute Gasteiger partial charge is 0.494 e. The van der Waals surface area contributed by atoms with Gasteiger partial charge in [-0.3, -0.25) is 0 Å². The molecule has 0 bridgehead atoms. The van der Waals surface area contributed by atoms with Crippen LogP contribution >= 0.6 is 12.4 Å². The monoisotopic (exact) mass is 245 g/mol. The van der Waals surface area contributed by atoms with Gasteiger partial charge in [0.25, 0.3) is 0 Å². The third-order valence-corrected chi connectivity index (χ3v) is 2.18. The maximum Gasteiger partial charge on any atom is 0.169 e. The molecule has 2 nitrogen and oxygen atoms in total. The summed E-state index contributed by atoms with van der Waals surface area (Å²) in [6, 6.07) is 4.62. The Labute approximate surface area is 102 Å². The van der Waals surface area contributed by atoms with Gasteiger partial charge in [-0.25, -0.2) is 4.39 Å². The lowest BCUT2D eigenvalue weighted by Crippen LogP contribution is -2.12. The molecule has 0 unspecified atom stereocenters. The number of nitrogens with two attached hydrogens (primary N) is 1. The quantitative estimate of drug-likeness (QED) is 0.827. The van der Waals surface area contributed by atoms with Gasteiger partial charge in [0, 0.05) is 11.6 Å². The second-order valence-electron chi connectivity index (χ2n) is 3.63. The second kappa shape index (κ2) is 6.51. The molecule has 16 heavy (non-hydrogen) atoms. The van der Waals surface area contributed by atoms with E-state index in [0.717, 1.165) is 5.57 Å². The van der Waals surface area contributed by atoms with Crippen molar-refractivity contribution in [2.45, 2.75) is 19.4 Å². The number of hydrogen-bond donors (Lipinski definition) is 1. The van der Waals surface area contributed by atoms with Crippen LogP contribution in [0.1, 0.15) is 24.9 Å². The van der Waals surface area contributed by atoms with Crippen LogP contribution in [0.3, 0.4) is 0 Å². The van der Waals surface area contributed by atoms with Crippen molar-refractivity contribution >= 4 is 12.4 Å². The molecule has 1 aromatic rings. The summed E-state index contributed by atoms with van der Waals surface area (Å²) in [5.41, 5.74) is 7.27. The van der Waals surface area contributed by atoms with E-state index in [4.69, 9.17) is 10.5 Å². The van der Waals surface area contributed by atoms with Gasteiger partial charge in [0.2, 0.25) is 0 Å². The SMILES string of the molecule is C=C(C)C[C@H](N)c1cccc(OC)c1F.Cl. The van der Waals surface area contributed by atoms with Crippen LogP contribution in [-0.2, 0) is 0 Å². The molecule has 0 saturated carbocycles. The van der Waals surface area contributed by atoms with Crippen LogP contribution in [0.4, 0.5) is 4.39 Å². The van der Waals surface area contributed by atoms with Crippen molar-refractivity contribution in [3.05, 3.63) is 41.7 Å². The number of benzene rings is 1. The van der Waals surface area contributed by atoms with E-state index in [1.165, 1.54) is 7.11 Å². The lowest BCUT2D eigenvalue weighted by molar-refractivity contribution is 0.382. The van der Waals surface area contributed by atoms with Gasteiger partial charge in [-0.05, 0) is 19.4 Å². The van der Waals surface area contributed by atoms with Crippen molar-refractivity contribution in [1.82, 2.24) is 0 Å². The van der Waals surface area contributed by atoms with Crippen molar-refractivity contribution < 1.29 is 9.13 Å². The van der Waals surface area contributed by atoms with Gasteiger partial charge in [-0.1, -0.05) is 17.7 Å². The summed E-state index contributed by atoms with van der Waals surface area (Å²) in [5.74, 6) is -0.154. The molecule has 2 N–H and O–H groups in total. The molecule has 1 rings (SSSR count). The van der Waals surface area contributed by atoms with Crippen molar-refractivity contribution in [3.63, 3.8) is 0 Å². The maximum absolute atomic E-state index is 13.7. The average Bonchev–Trinajstić information content (AvgIpc) is 2.17. The Morgan fingerprint density at radius 3 is 2.69 bits per heavy atom. The number of halogens is 2. The molecule has 0 saturated heterocycles. The molecule has 0 spiro atoms. The van der Waals surface area contributed by atoms with E-state index < -0.39 is 0 Å². The highest BCUT2D eigenvalue weighted by molar-refractivity contribution is 5.85. The molecule has 0 aliphatic heterocycles. The first kappa shape index (κ1) is 14.9. The highest BCUT2D eigenvalue weighted by Crippen LogP contribution is 2.26. The molecular weight excluding hydrogens is 229 g/mol. The molecule has 1 atom stereocenters. The Balaban J connectivity index is 0.00000225. The zero-order valence-electron chi connectivity index (χ0n) is 9.50. The van der Waals surface area contributed by atoms with E-state index in [1.54, 1.807) is 18.2 Å². The Bertz CT molecular complexity index is 368. The van der Waals surface area contributed by atoms with Gasteiger partial charge >= 0.3 is 0 Å². The van der Waals surface area contributed by atoms with Gasteiger partial charge < -0.3 is 10.5 Å². The van der Waals surface area contributed by atoms with Crippen LogP contribution in [0.5, 0.6) is 5.75 Å². The van der Waals surface area contributed by atoms with E-state index in [9.17, 15) is 4.39 Å². The normalized spacial score (nSPS) is 11.5. The molecular formula is C12H17ClFNO. The highest BCUT2D eigenvalue weighted by Gasteiger charge is 2.14. The summed E-state index contributed by atoms with van der Waals surface area (Å²) in [5, 5.41) is 0. The second-order valence-corrected chi connectivity index (χ2v) is 3.63. The number of rotatable bonds is 4. The van der Waals surface area contributed by atoms with Crippen LogP contribution in [0.15, 0.2) is 30.4 Å². The molecule has 0 aromatic heterocycles. The maximum atomic E-state index is 13.7. The smallest absolute Gasteiger partial charge is 0.169 e. The zero-order chi connectivity index (χ0) is 11.4. The molecule has 90 valence electrons. The summed E-state index contributed by atoms with van der Waals surface area (Å²) < 4.78 is 18.6. The van der Waals surface area contributed by atoms with Crippen LogP contribution in [-0.4, -0.2) is 7.11 Å². The minimum Gasteiger partial charge on any atom is -0.494 e. The Hall–Kier alpha value is -1.06. The van der Waals surface area contributed by atoms with E-state index in [1.807, 2.05) is 6.92 Å². The van der Waals surface area contributed by atoms with Crippen LogP contribution in [0.25, 0.3) is 0 Å². The standard InChI is InChI=1S/C12H16FNO.ClH/c1-8(2)7-10(14)9-5-4-6-11(15-3)12(9)13;/h4-6,10H,1,7,14H2,2-3H3;1H/t10-;/m0./s1. The van der Waals surface area contributed by atoms with Gasteiger partial charge in [-0.15, -0.1) is 19.0 Å². The molecule has 0 aliphatic carbocycles. The molecule has 0 amide bonds. The van der Waals surface area contributed by atoms with Crippen LogP contribution in [0, 0.1) is 5.82 Å². The van der Waals surface area contributed by atoms with Crippen LogP contribution in [0.2, 0.25) is 0 Å². The summed E-state index contributed by atoms with van der Waals surface area (Å²) >= 11 is 0. The third-order valence-electron chi connectivity index (χ3n) is 2.18. The predicted molar refractivity (Wildman–Crippen MR) is 66.6 cm³/mol. The first-order chi connectivity index (χ1) is 7.06. The van der Waals surface area contributed by atoms with Gasteiger partial charge in [-0.2, -0.15) is 0 Å². The van der Waals surface area contributed by atoms with Gasteiger partial charge in [0.1, 0.15) is 0 Å². The van der Waals surface area contributed by atoms with Crippen molar-refractivity contribution in [1.29, 1.82) is 0 Å². The van der Waals surface area contributed by atoms with Crippen LogP contribution < -0.4 is 10.5 Å². The first-order valence-electron chi connectivity index (χ1n) is 4.78. The molecule has 0 radical (unpaired) electrons. The molecule has 0 fully saturated rings. The third kappa shape index (κ3) is 3.51. The van der Waals surface area contributed by atoms with Crippen molar-refractivity contribution in [2.24, 2.45) is 5.73 Å². The summed E-state index contributed by atoms with van der Waals surface area (Å²) in [4.78, 5) is 0. The molecule has 4 heteroatoms. The van der Waals surface area contributed by atoms with E-state index in [0.29, 0.717) is 12.0 Å². The fourth-order valence-corrected chi connectivity index (χ4v) is 1.46. The van der Waals surface area contributed by atoms with E-state index in [2.05, 4.69) is 6.58 Å². The Kier molecular flexibility index (Phi) is 6.08. The van der Waals surface area contributed by atoms with E-state index >= 15 is 0 Å². The topological polar surface area (TPSA) is 35.2 Å². The lowest BCUT2D eigenvalue weighted by atomic mass is 10.0. The summed E-state index contributed by atoms with van der Waals surface area (Å²) in [6.07, 6.45) is 0.573. The zero-order valence-corrected chi connectivity index (χ0v) is 10.3. The fourth-order valence-electron chi connectivity index (χ4n) is 1.46. The Morgan fingerprint density at radius 2 is 2.19 bits per heavy atom. The van der Waals surface area contributed by atoms with Gasteiger partial charge in [0.15, 0.2) is 11.6 Å². The number of ether oxygens (including phenoxy) is 1. The first-order valence-corrected chi connectivity index (χ1v) is 4.78. The molecule has 0 aliphatic rings. The average molecular weight is 246 g/mol. The predicted octanol–water partition coefficient (Wildman–Crippen LogP) is 3.22. The summed E-state index contributed by atoms with van der Waals surface area (Å²) in [7, 11) is 1.44. The van der Waals surface area contributed by atoms with Crippen molar-refractivity contribution in [2.75, 3.05) is 7.11 Å². The molecule has 0 heterocycles. The highest BCUT2D eigenvalue weighted by atomic mass is 35.5. The number of hydrogen-bond acceptors (Lipinski definition) is 2. The minimum absolute atomic E-state index is 0. The molecule has 1 aromatic carbocycles. The number of methoxy groups -OCH3 is 1. The summed E-state index contributed by atoms with van der Waals surface area (Å²) in [6.45, 7) is 5.63. The fraction of sp³-hybridized carbons (Fsp3) is 0.333.